The molecule has 0 saturated heterocycles. The Morgan fingerprint density at radius 2 is 1.87 bits per heavy atom. The zero-order valence-corrected chi connectivity index (χ0v) is 12.7. The SMILES string of the molecule is O=[N+]([O-])c1ccc(-c2csc(NN=Cc3ccccc3)n2)cc1. The highest BCUT2D eigenvalue weighted by molar-refractivity contribution is 7.14. The highest BCUT2D eigenvalue weighted by atomic mass is 32.1. The van der Waals surface area contributed by atoms with Crippen molar-refractivity contribution < 1.29 is 4.92 Å². The number of nitro groups is 1. The second-order valence-electron chi connectivity index (χ2n) is 4.62. The molecule has 1 heterocycles. The van der Waals surface area contributed by atoms with E-state index >= 15 is 0 Å². The number of hydrogen-bond acceptors (Lipinski definition) is 6. The normalized spacial score (nSPS) is 10.8. The Kier molecular flexibility index (Phi) is 4.39. The molecule has 0 aliphatic carbocycles. The summed E-state index contributed by atoms with van der Waals surface area (Å²) in [5.41, 5.74) is 5.52. The van der Waals surface area contributed by atoms with E-state index in [2.05, 4.69) is 15.5 Å². The van der Waals surface area contributed by atoms with Crippen LogP contribution in [0.2, 0.25) is 0 Å². The van der Waals surface area contributed by atoms with Crippen LogP contribution in [-0.2, 0) is 0 Å². The van der Waals surface area contributed by atoms with Crippen LogP contribution in [0.4, 0.5) is 10.8 Å². The van der Waals surface area contributed by atoms with E-state index in [1.807, 2.05) is 35.7 Å². The molecule has 0 fully saturated rings. The third kappa shape index (κ3) is 3.78. The van der Waals surface area contributed by atoms with Gasteiger partial charge < -0.3 is 0 Å². The van der Waals surface area contributed by atoms with Gasteiger partial charge in [-0.15, -0.1) is 11.3 Å². The number of thiazole rings is 1. The molecular formula is C16H12N4O2S. The van der Waals surface area contributed by atoms with E-state index < -0.39 is 4.92 Å². The highest BCUT2D eigenvalue weighted by Crippen LogP contribution is 2.26. The molecule has 6 nitrogen and oxygen atoms in total. The maximum absolute atomic E-state index is 10.7. The van der Waals surface area contributed by atoms with Crippen molar-refractivity contribution in [3.8, 4) is 11.3 Å². The predicted molar refractivity (Wildman–Crippen MR) is 91.9 cm³/mol. The zero-order chi connectivity index (χ0) is 16.1. The van der Waals surface area contributed by atoms with Gasteiger partial charge in [-0.2, -0.15) is 5.10 Å². The molecule has 2 aromatic carbocycles. The molecule has 0 aliphatic heterocycles. The molecular weight excluding hydrogens is 312 g/mol. The minimum atomic E-state index is -0.421. The quantitative estimate of drug-likeness (QED) is 0.434. The smallest absolute Gasteiger partial charge is 0.258 e. The summed E-state index contributed by atoms with van der Waals surface area (Å²) < 4.78 is 0. The number of nitrogens with zero attached hydrogens (tertiary/aromatic N) is 3. The number of aromatic nitrogens is 1. The van der Waals surface area contributed by atoms with Crippen molar-refractivity contribution in [2.75, 3.05) is 5.43 Å². The van der Waals surface area contributed by atoms with Gasteiger partial charge in [0.25, 0.3) is 5.69 Å². The van der Waals surface area contributed by atoms with Gasteiger partial charge in [-0.05, 0) is 17.7 Å². The summed E-state index contributed by atoms with van der Waals surface area (Å²) in [6.45, 7) is 0. The summed E-state index contributed by atoms with van der Waals surface area (Å²) in [5.74, 6) is 0. The Balaban J connectivity index is 1.68. The zero-order valence-electron chi connectivity index (χ0n) is 11.9. The molecule has 0 saturated carbocycles. The molecule has 0 amide bonds. The number of nitro benzene ring substituents is 1. The standard InChI is InChI=1S/C16H12N4O2S/c21-20(22)14-8-6-13(7-9-14)15-11-23-16(18-15)19-17-10-12-4-2-1-3-5-12/h1-11H,(H,18,19). The van der Waals surface area contributed by atoms with Gasteiger partial charge in [0.2, 0.25) is 5.13 Å². The lowest BCUT2D eigenvalue weighted by molar-refractivity contribution is -0.384. The van der Waals surface area contributed by atoms with Crippen LogP contribution in [0.15, 0.2) is 65.1 Å². The van der Waals surface area contributed by atoms with Crippen LogP contribution in [-0.4, -0.2) is 16.1 Å². The lowest BCUT2D eigenvalue weighted by atomic mass is 10.1. The summed E-state index contributed by atoms with van der Waals surface area (Å²) in [6.07, 6.45) is 1.72. The summed E-state index contributed by atoms with van der Waals surface area (Å²) in [7, 11) is 0. The van der Waals surface area contributed by atoms with Gasteiger partial charge in [0.1, 0.15) is 0 Å². The highest BCUT2D eigenvalue weighted by Gasteiger charge is 2.07. The summed E-state index contributed by atoms with van der Waals surface area (Å²) in [6, 6.07) is 16.0. The molecule has 3 rings (SSSR count). The average molecular weight is 324 g/mol. The van der Waals surface area contributed by atoms with Gasteiger partial charge in [-0.25, -0.2) is 4.98 Å². The number of hydrogen-bond donors (Lipinski definition) is 1. The van der Waals surface area contributed by atoms with E-state index in [9.17, 15) is 10.1 Å². The van der Waals surface area contributed by atoms with Gasteiger partial charge in [-0.3, -0.25) is 15.5 Å². The van der Waals surface area contributed by atoms with Crippen molar-refractivity contribution in [2.45, 2.75) is 0 Å². The third-order valence-corrected chi connectivity index (χ3v) is 3.80. The fourth-order valence-corrected chi connectivity index (χ4v) is 2.58. The van der Waals surface area contributed by atoms with Crippen molar-refractivity contribution in [2.24, 2.45) is 5.10 Å². The van der Waals surface area contributed by atoms with Crippen molar-refractivity contribution in [3.05, 3.63) is 75.7 Å². The topological polar surface area (TPSA) is 80.4 Å². The third-order valence-electron chi connectivity index (χ3n) is 3.05. The van der Waals surface area contributed by atoms with E-state index in [1.165, 1.54) is 23.5 Å². The van der Waals surface area contributed by atoms with Gasteiger partial charge in [-0.1, -0.05) is 30.3 Å². The lowest BCUT2D eigenvalue weighted by Crippen LogP contribution is -1.90. The van der Waals surface area contributed by atoms with Crippen molar-refractivity contribution >= 4 is 28.4 Å². The number of benzene rings is 2. The molecule has 7 heteroatoms. The Hall–Kier alpha value is -3.06. The second-order valence-corrected chi connectivity index (χ2v) is 5.48. The number of anilines is 1. The van der Waals surface area contributed by atoms with E-state index in [0.29, 0.717) is 5.13 Å². The minimum absolute atomic E-state index is 0.0646. The molecule has 0 aliphatic rings. The first-order valence-electron chi connectivity index (χ1n) is 6.77. The minimum Gasteiger partial charge on any atom is -0.258 e. The van der Waals surface area contributed by atoms with E-state index in [4.69, 9.17) is 0 Å². The molecule has 1 aromatic heterocycles. The monoisotopic (exact) mass is 324 g/mol. The molecule has 0 spiro atoms. The molecule has 0 atom stereocenters. The molecule has 0 bridgehead atoms. The van der Waals surface area contributed by atoms with Crippen LogP contribution in [0.1, 0.15) is 5.56 Å². The summed E-state index contributed by atoms with van der Waals surface area (Å²) >= 11 is 1.42. The Bertz CT molecular complexity index is 829. The fourth-order valence-electron chi connectivity index (χ4n) is 1.91. The largest absolute Gasteiger partial charge is 0.269 e. The van der Waals surface area contributed by atoms with Crippen molar-refractivity contribution in [1.82, 2.24) is 4.98 Å². The second kappa shape index (κ2) is 6.80. The van der Waals surface area contributed by atoms with E-state index in [1.54, 1.807) is 18.3 Å². The van der Waals surface area contributed by atoms with Gasteiger partial charge in [0.05, 0.1) is 16.8 Å². The van der Waals surface area contributed by atoms with Crippen LogP contribution in [0, 0.1) is 10.1 Å². The lowest BCUT2D eigenvalue weighted by Gasteiger charge is -1.96. The molecule has 0 radical (unpaired) electrons. The molecule has 1 N–H and O–H groups in total. The maximum atomic E-state index is 10.7. The molecule has 114 valence electrons. The number of non-ortho nitro benzene ring substituents is 1. The maximum Gasteiger partial charge on any atom is 0.269 e. The fraction of sp³-hybridized carbons (Fsp3) is 0. The van der Waals surface area contributed by atoms with Crippen molar-refractivity contribution in [3.63, 3.8) is 0 Å². The molecule has 0 unspecified atom stereocenters. The Morgan fingerprint density at radius 3 is 2.57 bits per heavy atom. The molecule has 23 heavy (non-hydrogen) atoms. The molecule has 3 aromatic rings. The van der Waals surface area contributed by atoms with Crippen molar-refractivity contribution in [1.29, 1.82) is 0 Å². The van der Waals surface area contributed by atoms with Gasteiger partial charge in [0.15, 0.2) is 0 Å². The van der Waals surface area contributed by atoms with Gasteiger partial charge >= 0.3 is 0 Å². The Morgan fingerprint density at radius 1 is 1.13 bits per heavy atom. The van der Waals surface area contributed by atoms with Crippen LogP contribution in [0.25, 0.3) is 11.3 Å². The number of rotatable bonds is 5. The van der Waals surface area contributed by atoms with Crippen LogP contribution in [0.5, 0.6) is 0 Å². The summed E-state index contributed by atoms with van der Waals surface area (Å²) in [5, 5.41) is 17.3. The van der Waals surface area contributed by atoms with E-state index in [0.717, 1.165) is 16.8 Å². The van der Waals surface area contributed by atoms with Crippen LogP contribution in [0.3, 0.4) is 0 Å². The number of nitrogens with one attached hydrogen (secondary N) is 1. The van der Waals surface area contributed by atoms with Crippen LogP contribution >= 0.6 is 11.3 Å². The first-order chi connectivity index (χ1) is 11.2. The Labute approximate surface area is 136 Å². The summed E-state index contributed by atoms with van der Waals surface area (Å²) in [4.78, 5) is 14.6. The average Bonchev–Trinajstić information content (AvgIpc) is 3.05. The number of hydrazone groups is 1. The van der Waals surface area contributed by atoms with Gasteiger partial charge in [0, 0.05) is 23.1 Å². The first-order valence-corrected chi connectivity index (χ1v) is 7.65. The van der Waals surface area contributed by atoms with E-state index in [-0.39, 0.29) is 5.69 Å². The predicted octanol–water partition coefficient (Wildman–Crippen LogP) is 4.16. The first kappa shape index (κ1) is 14.9. The van der Waals surface area contributed by atoms with Crippen LogP contribution < -0.4 is 5.43 Å².